The molecule has 0 unspecified atom stereocenters. The van der Waals surface area contributed by atoms with Crippen LogP contribution < -0.4 is 10.1 Å². The summed E-state index contributed by atoms with van der Waals surface area (Å²) in [6, 6.07) is 8.30. The Morgan fingerprint density at radius 1 is 1.32 bits per heavy atom. The minimum atomic E-state index is 0.464. The van der Waals surface area contributed by atoms with Crippen molar-refractivity contribution < 1.29 is 4.74 Å². The van der Waals surface area contributed by atoms with Crippen LogP contribution in [-0.2, 0) is 0 Å². The van der Waals surface area contributed by atoms with Crippen molar-refractivity contribution in [3.63, 3.8) is 0 Å². The van der Waals surface area contributed by atoms with Gasteiger partial charge in [0.25, 0.3) is 0 Å². The van der Waals surface area contributed by atoms with Gasteiger partial charge in [0.15, 0.2) is 0 Å². The van der Waals surface area contributed by atoms with E-state index < -0.39 is 0 Å². The van der Waals surface area contributed by atoms with Crippen molar-refractivity contribution >= 4 is 5.69 Å². The van der Waals surface area contributed by atoms with Gasteiger partial charge in [-0.1, -0.05) is 19.4 Å². The summed E-state index contributed by atoms with van der Waals surface area (Å²) in [5, 5.41) is 12.7. The summed E-state index contributed by atoms with van der Waals surface area (Å²) in [7, 11) is 1.65. The smallest absolute Gasteiger partial charge is 0.143 e. The molecular formula is C16H22N2O. The van der Waals surface area contributed by atoms with Gasteiger partial charge in [-0.05, 0) is 43.7 Å². The van der Waals surface area contributed by atoms with E-state index in [1.807, 2.05) is 18.2 Å². The summed E-state index contributed by atoms with van der Waals surface area (Å²) in [5.74, 6) is 1.64. The number of para-hydroxylation sites is 1. The maximum Gasteiger partial charge on any atom is 0.143 e. The SMILES string of the molecule is CCC1CCC(Nc2c(C#N)cccc2OC)CC1. The summed E-state index contributed by atoms with van der Waals surface area (Å²) in [6.45, 7) is 2.27. The van der Waals surface area contributed by atoms with Crippen LogP contribution in [0.5, 0.6) is 5.75 Å². The Balaban J connectivity index is 2.09. The molecule has 2 rings (SSSR count). The van der Waals surface area contributed by atoms with Crippen LogP contribution in [0.3, 0.4) is 0 Å². The van der Waals surface area contributed by atoms with Gasteiger partial charge in [0.1, 0.15) is 11.8 Å². The molecule has 0 radical (unpaired) electrons. The Bertz CT molecular complexity index is 456. The summed E-state index contributed by atoms with van der Waals surface area (Å²) in [6.07, 6.45) is 6.21. The minimum absolute atomic E-state index is 0.464. The monoisotopic (exact) mass is 258 g/mol. The fourth-order valence-electron chi connectivity index (χ4n) is 2.86. The Labute approximate surface area is 115 Å². The Morgan fingerprint density at radius 3 is 2.63 bits per heavy atom. The van der Waals surface area contributed by atoms with E-state index in [9.17, 15) is 5.26 Å². The normalized spacial score (nSPS) is 22.6. The van der Waals surface area contributed by atoms with Gasteiger partial charge in [0.2, 0.25) is 0 Å². The first-order valence-corrected chi connectivity index (χ1v) is 7.12. The van der Waals surface area contributed by atoms with Gasteiger partial charge in [-0.3, -0.25) is 0 Å². The molecule has 0 aromatic heterocycles. The number of nitriles is 1. The fraction of sp³-hybridized carbons (Fsp3) is 0.562. The molecule has 1 saturated carbocycles. The lowest BCUT2D eigenvalue weighted by atomic mass is 9.84. The van der Waals surface area contributed by atoms with Crippen LogP contribution in [0.1, 0.15) is 44.6 Å². The van der Waals surface area contributed by atoms with Crippen LogP contribution in [0.25, 0.3) is 0 Å². The van der Waals surface area contributed by atoms with Crippen LogP contribution >= 0.6 is 0 Å². The fourth-order valence-corrected chi connectivity index (χ4v) is 2.86. The number of hydrogen-bond donors (Lipinski definition) is 1. The highest BCUT2D eigenvalue weighted by Crippen LogP contribution is 2.33. The third-order valence-electron chi connectivity index (χ3n) is 4.14. The van der Waals surface area contributed by atoms with Gasteiger partial charge < -0.3 is 10.1 Å². The molecular weight excluding hydrogens is 236 g/mol. The number of hydrogen-bond acceptors (Lipinski definition) is 3. The average molecular weight is 258 g/mol. The van der Waals surface area contributed by atoms with E-state index in [1.165, 1.54) is 32.1 Å². The van der Waals surface area contributed by atoms with E-state index in [4.69, 9.17) is 4.74 Å². The van der Waals surface area contributed by atoms with Gasteiger partial charge in [-0.25, -0.2) is 0 Å². The third-order valence-corrected chi connectivity index (χ3v) is 4.14. The molecule has 0 heterocycles. The van der Waals surface area contributed by atoms with Crippen molar-refractivity contribution in [3.05, 3.63) is 23.8 Å². The Morgan fingerprint density at radius 2 is 2.05 bits per heavy atom. The highest BCUT2D eigenvalue weighted by atomic mass is 16.5. The van der Waals surface area contributed by atoms with Crippen LogP contribution in [0.2, 0.25) is 0 Å². The summed E-state index contributed by atoms with van der Waals surface area (Å²) in [5.41, 5.74) is 1.52. The van der Waals surface area contributed by atoms with E-state index in [1.54, 1.807) is 7.11 Å². The molecule has 102 valence electrons. The van der Waals surface area contributed by atoms with Crippen molar-refractivity contribution in [2.75, 3.05) is 12.4 Å². The first-order chi connectivity index (χ1) is 9.28. The van der Waals surface area contributed by atoms with Gasteiger partial charge >= 0.3 is 0 Å². The molecule has 0 bridgehead atoms. The van der Waals surface area contributed by atoms with Crippen LogP contribution in [0.15, 0.2) is 18.2 Å². The number of nitrogens with zero attached hydrogens (tertiary/aromatic N) is 1. The standard InChI is InChI=1S/C16H22N2O/c1-3-12-7-9-14(10-8-12)18-16-13(11-17)5-4-6-15(16)19-2/h4-6,12,14,18H,3,7-10H2,1-2H3. The second-order valence-corrected chi connectivity index (χ2v) is 5.26. The molecule has 0 saturated heterocycles. The van der Waals surface area contributed by atoms with Crippen LogP contribution in [0, 0.1) is 17.2 Å². The molecule has 3 nitrogen and oxygen atoms in total. The lowest BCUT2D eigenvalue weighted by molar-refractivity contribution is 0.329. The predicted molar refractivity (Wildman–Crippen MR) is 77.4 cm³/mol. The molecule has 0 spiro atoms. The Hall–Kier alpha value is -1.69. The zero-order valence-electron chi connectivity index (χ0n) is 11.8. The third kappa shape index (κ3) is 3.20. The largest absolute Gasteiger partial charge is 0.495 e. The number of rotatable bonds is 4. The molecule has 0 atom stereocenters. The topological polar surface area (TPSA) is 45.0 Å². The second-order valence-electron chi connectivity index (χ2n) is 5.26. The molecule has 1 fully saturated rings. The van der Waals surface area contributed by atoms with Crippen LogP contribution in [0.4, 0.5) is 5.69 Å². The second kappa shape index (κ2) is 6.47. The lowest BCUT2D eigenvalue weighted by Gasteiger charge is -2.29. The van der Waals surface area contributed by atoms with Gasteiger partial charge in [-0.15, -0.1) is 0 Å². The molecule has 1 aliphatic carbocycles. The molecule has 1 aromatic rings. The van der Waals surface area contributed by atoms with E-state index in [0.717, 1.165) is 17.4 Å². The summed E-state index contributed by atoms with van der Waals surface area (Å²) in [4.78, 5) is 0. The van der Waals surface area contributed by atoms with Crippen molar-refractivity contribution in [2.45, 2.75) is 45.1 Å². The summed E-state index contributed by atoms with van der Waals surface area (Å²) >= 11 is 0. The molecule has 3 heteroatoms. The molecule has 1 aromatic carbocycles. The predicted octanol–water partition coefficient (Wildman–Crippen LogP) is 3.95. The molecule has 1 aliphatic rings. The van der Waals surface area contributed by atoms with Crippen molar-refractivity contribution in [2.24, 2.45) is 5.92 Å². The average Bonchev–Trinajstić information content (AvgIpc) is 2.48. The maximum atomic E-state index is 9.20. The lowest BCUT2D eigenvalue weighted by Crippen LogP contribution is -2.26. The number of ether oxygens (including phenoxy) is 1. The zero-order chi connectivity index (χ0) is 13.7. The van der Waals surface area contributed by atoms with Gasteiger partial charge in [0, 0.05) is 6.04 Å². The van der Waals surface area contributed by atoms with E-state index >= 15 is 0 Å². The number of methoxy groups -OCH3 is 1. The van der Waals surface area contributed by atoms with Crippen molar-refractivity contribution in [3.8, 4) is 11.8 Å². The van der Waals surface area contributed by atoms with E-state index in [-0.39, 0.29) is 0 Å². The maximum absolute atomic E-state index is 9.20. The highest BCUT2D eigenvalue weighted by molar-refractivity contribution is 5.66. The summed E-state index contributed by atoms with van der Waals surface area (Å²) < 4.78 is 5.36. The highest BCUT2D eigenvalue weighted by Gasteiger charge is 2.21. The first-order valence-electron chi connectivity index (χ1n) is 7.12. The zero-order valence-corrected chi connectivity index (χ0v) is 11.8. The quantitative estimate of drug-likeness (QED) is 0.889. The molecule has 0 aliphatic heterocycles. The van der Waals surface area contributed by atoms with Crippen molar-refractivity contribution in [1.82, 2.24) is 0 Å². The van der Waals surface area contributed by atoms with E-state index in [2.05, 4.69) is 18.3 Å². The first kappa shape index (κ1) is 13.7. The number of nitrogens with one attached hydrogen (secondary N) is 1. The Kier molecular flexibility index (Phi) is 4.68. The van der Waals surface area contributed by atoms with Gasteiger partial charge in [-0.2, -0.15) is 5.26 Å². The van der Waals surface area contributed by atoms with Crippen LogP contribution in [-0.4, -0.2) is 13.2 Å². The number of benzene rings is 1. The van der Waals surface area contributed by atoms with Crippen molar-refractivity contribution in [1.29, 1.82) is 5.26 Å². The van der Waals surface area contributed by atoms with E-state index in [0.29, 0.717) is 11.6 Å². The molecule has 1 N–H and O–H groups in total. The number of anilines is 1. The minimum Gasteiger partial charge on any atom is -0.495 e. The molecule has 0 amide bonds. The molecule has 19 heavy (non-hydrogen) atoms. The van der Waals surface area contributed by atoms with Gasteiger partial charge in [0.05, 0.1) is 18.4 Å².